The second-order valence-corrected chi connectivity index (χ2v) is 3.66. The van der Waals surface area contributed by atoms with Crippen LogP contribution in [-0.4, -0.2) is 24.8 Å². The van der Waals surface area contributed by atoms with Crippen LogP contribution in [0.1, 0.15) is 10.5 Å². The number of rotatable bonds is 3. The molecule has 0 bridgehead atoms. The highest BCUT2D eigenvalue weighted by molar-refractivity contribution is 5.98. The topological polar surface area (TPSA) is 64.2 Å². The first kappa shape index (κ1) is 12.0. The van der Waals surface area contributed by atoms with Crippen molar-refractivity contribution in [3.63, 3.8) is 0 Å². The molecule has 92 valence electrons. The monoisotopic (exact) mass is 244 g/mol. The highest BCUT2D eigenvalue weighted by Crippen LogP contribution is 2.29. The Hall–Kier alpha value is -2.48. The second kappa shape index (κ2) is 4.80. The Balaban J connectivity index is 2.74. The average Bonchev–Trinajstić information content (AvgIpc) is 2.77. The van der Waals surface area contributed by atoms with Gasteiger partial charge in [0.1, 0.15) is 18.0 Å². The predicted octanol–water partition coefficient (Wildman–Crippen LogP) is 1.96. The summed E-state index contributed by atoms with van der Waals surface area (Å²) in [6.45, 7) is 0.0844. The zero-order chi connectivity index (χ0) is 13.1. The summed E-state index contributed by atoms with van der Waals surface area (Å²) < 4.78 is 11.6. The number of carbonyl (C=O) groups excluding carboxylic acids is 1. The van der Waals surface area contributed by atoms with E-state index < -0.39 is 5.97 Å². The van der Waals surface area contributed by atoms with Gasteiger partial charge in [-0.25, -0.2) is 4.79 Å². The highest BCUT2D eigenvalue weighted by Gasteiger charge is 2.17. The fraction of sp³-hybridized carbons (Fsp3) is 0.231. The Morgan fingerprint density at radius 3 is 2.83 bits per heavy atom. The Morgan fingerprint density at radius 1 is 1.44 bits per heavy atom. The molecule has 0 aliphatic heterocycles. The minimum atomic E-state index is -0.469. The van der Waals surface area contributed by atoms with Crippen LogP contribution in [0.4, 0.5) is 0 Å². The molecular formula is C13H12N2O3. The molecule has 0 aliphatic rings. The van der Waals surface area contributed by atoms with Crippen LogP contribution < -0.4 is 4.74 Å². The van der Waals surface area contributed by atoms with E-state index in [4.69, 9.17) is 14.7 Å². The molecule has 0 spiro atoms. The first-order chi connectivity index (χ1) is 8.72. The van der Waals surface area contributed by atoms with Gasteiger partial charge in [0.05, 0.1) is 25.8 Å². The molecule has 0 amide bonds. The summed E-state index contributed by atoms with van der Waals surface area (Å²) in [6.07, 6.45) is 0. The summed E-state index contributed by atoms with van der Waals surface area (Å²) in [7, 11) is 2.88. The van der Waals surface area contributed by atoms with Gasteiger partial charge < -0.3 is 14.0 Å². The van der Waals surface area contributed by atoms with Gasteiger partial charge in [0.25, 0.3) is 0 Å². The van der Waals surface area contributed by atoms with Crippen molar-refractivity contribution < 1.29 is 14.3 Å². The number of carbonyl (C=O) groups is 1. The van der Waals surface area contributed by atoms with E-state index in [0.29, 0.717) is 11.4 Å². The number of benzene rings is 1. The normalized spacial score (nSPS) is 10.1. The number of nitriles is 1. The Morgan fingerprint density at radius 2 is 2.22 bits per heavy atom. The standard InChI is InChI=1S/C13H12N2O3/c1-17-12-5-3-4-10-9(12)8-11(13(16)18-2)15(10)7-6-14/h3-5,8H,7H2,1-2H3. The first-order valence-electron chi connectivity index (χ1n) is 5.34. The van der Waals surface area contributed by atoms with Crippen LogP contribution in [0.3, 0.4) is 0 Å². The third-order valence-electron chi connectivity index (χ3n) is 2.75. The van der Waals surface area contributed by atoms with Crippen molar-refractivity contribution >= 4 is 16.9 Å². The van der Waals surface area contributed by atoms with E-state index in [1.807, 2.05) is 18.2 Å². The number of hydrogen-bond donors (Lipinski definition) is 0. The molecule has 5 nitrogen and oxygen atoms in total. The molecule has 0 radical (unpaired) electrons. The largest absolute Gasteiger partial charge is 0.496 e. The molecule has 2 aromatic rings. The molecule has 1 aromatic heterocycles. The molecule has 0 N–H and O–H groups in total. The molecule has 1 heterocycles. The summed E-state index contributed by atoms with van der Waals surface area (Å²) in [5.74, 6) is 0.192. The van der Waals surface area contributed by atoms with Crippen LogP contribution in [0.15, 0.2) is 24.3 Å². The van der Waals surface area contributed by atoms with Crippen LogP contribution in [0.25, 0.3) is 10.9 Å². The number of hydrogen-bond acceptors (Lipinski definition) is 4. The van der Waals surface area contributed by atoms with Crippen LogP contribution in [-0.2, 0) is 11.3 Å². The van der Waals surface area contributed by atoms with Gasteiger partial charge in [-0.3, -0.25) is 0 Å². The van der Waals surface area contributed by atoms with Crippen LogP contribution in [0.2, 0.25) is 0 Å². The lowest BCUT2D eigenvalue weighted by molar-refractivity contribution is 0.0590. The Bertz CT molecular complexity index is 637. The lowest BCUT2D eigenvalue weighted by Crippen LogP contribution is -2.09. The SMILES string of the molecule is COC(=O)c1cc2c(OC)cccc2n1CC#N. The number of fused-ring (bicyclic) bond motifs is 1. The van der Waals surface area contributed by atoms with Gasteiger partial charge in [-0.1, -0.05) is 6.07 Å². The third kappa shape index (κ3) is 1.78. The molecule has 18 heavy (non-hydrogen) atoms. The van der Waals surface area contributed by atoms with Crippen LogP contribution in [0, 0.1) is 11.3 Å². The van der Waals surface area contributed by atoms with Crippen molar-refractivity contribution in [2.45, 2.75) is 6.54 Å². The molecule has 0 saturated heterocycles. The zero-order valence-corrected chi connectivity index (χ0v) is 10.1. The van der Waals surface area contributed by atoms with Crippen molar-refractivity contribution in [3.05, 3.63) is 30.0 Å². The molecule has 0 atom stereocenters. The van der Waals surface area contributed by atoms with Crippen molar-refractivity contribution in [1.29, 1.82) is 5.26 Å². The molecule has 0 unspecified atom stereocenters. The van der Waals surface area contributed by atoms with E-state index in [1.54, 1.807) is 23.8 Å². The highest BCUT2D eigenvalue weighted by atomic mass is 16.5. The zero-order valence-electron chi connectivity index (χ0n) is 10.1. The molecule has 5 heteroatoms. The number of aromatic nitrogens is 1. The van der Waals surface area contributed by atoms with Crippen molar-refractivity contribution in [2.75, 3.05) is 14.2 Å². The maximum atomic E-state index is 11.7. The van der Waals surface area contributed by atoms with Crippen molar-refractivity contribution in [3.8, 4) is 11.8 Å². The Kier molecular flexibility index (Phi) is 3.20. The van der Waals surface area contributed by atoms with E-state index in [-0.39, 0.29) is 6.54 Å². The van der Waals surface area contributed by atoms with Gasteiger partial charge in [0, 0.05) is 5.39 Å². The smallest absolute Gasteiger partial charge is 0.354 e. The molecule has 0 saturated carbocycles. The van der Waals surface area contributed by atoms with Gasteiger partial charge in [0.2, 0.25) is 0 Å². The summed E-state index contributed by atoms with van der Waals surface area (Å²) >= 11 is 0. The predicted molar refractivity (Wildman–Crippen MR) is 65.4 cm³/mol. The fourth-order valence-corrected chi connectivity index (χ4v) is 1.95. The lowest BCUT2D eigenvalue weighted by Gasteiger charge is -2.05. The minimum Gasteiger partial charge on any atom is -0.496 e. The van der Waals surface area contributed by atoms with Gasteiger partial charge in [-0.2, -0.15) is 5.26 Å². The number of methoxy groups -OCH3 is 2. The van der Waals surface area contributed by atoms with Crippen molar-refractivity contribution in [1.82, 2.24) is 4.57 Å². The van der Waals surface area contributed by atoms with E-state index in [2.05, 4.69) is 0 Å². The van der Waals surface area contributed by atoms with Crippen LogP contribution in [0.5, 0.6) is 5.75 Å². The lowest BCUT2D eigenvalue weighted by atomic mass is 10.2. The maximum Gasteiger partial charge on any atom is 0.354 e. The number of nitrogens with zero attached hydrogens (tertiary/aromatic N) is 2. The van der Waals surface area contributed by atoms with Gasteiger partial charge >= 0.3 is 5.97 Å². The Labute approximate surface area is 104 Å². The van der Waals surface area contributed by atoms with Gasteiger partial charge in [-0.05, 0) is 18.2 Å². The van der Waals surface area contributed by atoms with Gasteiger partial charge in [0.15, 0.2) is 0 Å². The average molecular weight is 244 g/mol. The van der Waals surface area contributed by atoms with E-state index in [1.165, 1.54) is 7.11 Å². The fourth-order valence-electron chi connectivity index (χ4n) is 1.95. The molecule has 2 rings (SSSR count). The van der Waals surface area contributed by atoms with Crippen LogP contribution >= 0.6 is 0 Å². The van der Waals surface area contributed by atoms with E-state index >= 15 is 0 Å². The van der Waals surface area contributed by atoms with E-state index in [9.17, 15) is 4.79 Å². The first-order valence-corrected chi connectivity index (χ1v) is 5.34. The molecule has 1 aromatic carbocycles. The quantitative estimate of drug-likeness (QED) is 0.774. The molecule has 0 fully saturated rings. The molecule has 0 aliphatic carbocycles. The van der Waals surface area contributed by atoms with E-state index in [0.717, 1.165) is 10.9 Å². The second-order valence-electron chi connectivity index (χ2n) is 3.66. The maximum absolute atomic E-state index is 11.7. The summed E-state index contributed by atoms with van der Waals surface area (Å²) in [5.41, 5.74) is 1.12. The summed E-state index contributed by atoms with van der Waals surface area (Å²) in [5, 5.41) is 9.64. The number of ether oxygens (including phenoxy) is 2. The van der Waals surface area contributed by atoms with Crippen molar-refractivity contribution in [2.24, 2.45) is 0 Å². The minimum absolute atomic E-state index is 0.0844. The summed E-state index contributed by atoms with van der Waals surface area (Å²) in [4.78, 5) is 11.7. The third-order valence-corrected chi connectivity index (χ3v) is 2.75. The summed E-state index contributed by atoms with van der Waals surface area (Å²) in [6, 6.07) is 9.17. The number of esters is 1. The van der Waals surface area contributed by atoms with Gasteiger partial charge in [-0.15, -0.1) is 0 Å². The molecular weight excluding hydrogens is 232 g/mol.